The van der Waals surface area contributed by atoms with Crippen LogP contribution in [-0.4, -0.2) is 27.3 Å². The lowest BCUT2D eigenvalue weighted by Gasteiger charge is -2.14. The van der Waals surface area contributed by atoms with Gasteiger partial charge < -0.3 is 14.2 Å². The third-order valence-electron chi connectivity index (χ3n) is 3.45. The van der Waals surface area contributed by atoms with E-state index in [1.54, 1.807) is 0 Å². The van der Waals surface area contributed by atoms with E-state index in [1.165, 1.54) is 45.6 Å². The topological polar surface area (TPSA) is 44.8 Å². The number of alkyl halides is 3. The maximum atomic E-state index is 12.7. The van der Waals surface area contributed by atoms with E-state index in [0.29, 0.717) is 22.6 Å². The third kappa shape index (κ3) is 3.45. The molecule has 2 aromatic rings. The molecule has 4 nitrogen and oxygen atoms in total. The summed E-state index contributed by atoms with van der Waals surface area (Å²) in [5, 5.41) is 0. The molecule has 0 atom stereocenters. The van der Waals surface area contributed by atoms with Crippen molar-refractivity contribution in [1.82, 2.24) is 0 Å². The summed E-state index contributed by atoms with van der Waals surface area (Å²) in [7, 11) is 4.05. The second-order valence-corrected chi connectivity index (χ2v) is 4.82. The predicted molar refractivity (Wildman–Crippen MR) is 81.3 cm³/mol. The van der Waals surface area contributed by atoms with E-state index in [-0.39, 0.29) is 5.56 Å². The average molecular weight is 340 g/mol. The number of carbonyl (C=O) groups is 1. The lowest BCUT2D eigenvalue weighted by atomic mass is 9.97. The zero-order valence-corrected chi connectivity index (χ0v) is 13.2. The highest BCUT2D eigenvalue weighted by Crippen LogP contribution is 2.37. The Labute approximate surface area is 136 Å². The van der Waals surface area contributed by atoms with Gasteiger partial charge in [-0.25, -0.2) is 4.79 Å². The summed E-state index contributed by atoms with van der Waals surface area (Å²) < 4.78 is 53.1. The maximum absolute atomic E-state index is 12.7. The molecule has 0 aliphatic heterocycles. The third-order valence-corrected chi connectivity index (χ3v) is 3.45. The second kappa shape index (κ2) is 6.82. The molecule has 24 heavy (non-hydrogen) atoms. The molecule has 0 heterocycles. The van der Waals surface area contributed by atoms with Crippen LogP contribution in [-0.2, 0) is 10.9 Å². The van der Waals surface area contributed by atoms with Crippen LogP contribution in [0.5, 0.6) is 11.5 Å². The smallest absolute Gasteiger partial charge is 0.416 e. The standard InChI is InChI=1S/C17H15F3O4/c1-22-14-8-12(13(16(21)24-3)9-15(14)23-2)10-4-6-11(7-5-10)17(18,19)20/h4-9H,1-3H3. The van der Waals surface area contributed by atoms with E-state index in [2.05, 4.69) is 0 Å². The minimum absolute atomic E-state index is 0.162. The van der Waals surface area contributed by atoms with Crippen LogP contribution in [0.1, 0.15) is 15.9 Å². The van der Waals surface area contributed by atoms with Crippen LogP contribution < -0.4 is 9.47 Å². The van der Waals surface area contributed by atoms with E-state index in [4.69, 9.17) is 14.2 Å². The van der Waals surface area contributed by atoms with Crippen LogP contribution >= 0.6 is 0 Å². The van der Waals surface area contributed by atoms with Gasteiger partial charge in [0.15, 0.2) is 11.5 Å². The van der Waals surface area contributed by atoms with Gasteiger partial charge in [-0.15, -0.1) is 0 Å². The molecule has 2 aromatic carbocycles. The van der Waals surface area contributed by atoms with Crippen LogP contribution in [0, 0.1) is 0 Å². The first-order valence-electron chi connectivity index (χ1n) is 6.83. The van der Waals surface area contributed by atoms with Crippen molar-refractivity contribution in [3.8, 4) is 22.6 Å². The first-order chi connectivity index (χ1) is 11.3. The van der Waals surface area contributed by atoms with Crippen molar-refractivity contribution in [2.45, 2.75) is 6.18 Å². The fraction of sp³-hybridized carbons (Fsp3) is 0.235. The van der Waals surface area contributed by atoms with Crippen molar-refractivity contribution in [3.63, 3.8) is 0 Å². The minimum atomic E-state index is -4.43. The van der Waals surface area contributed by atoms with Crippen LogP contribution in [0.3, 0.4) is 0 Å². The van der Waals surface area contributed by atoms with Crippen molar-refractivity contribution < 1.29 is 32.2 Å². The van der Waals surface area contributed by atoms with Gasteiger partial charge in [0.2, 0.25) is 0 Å². The molecule has 0 saturated heterocycles. The summed E-state index contributed by atoms with van der Waals surface area (Å²) in [6, 6.07) is 7.43. The molecule has 128 valence electrons. The number of halogens is 3. The summed E-state index contributed by atoms with van der Waals surface area (Å²) in [6.45, 7) is 0. The number of hydrogen-bond acceptors (Lipinski definition) is 4. The average Bonchev–Trinajstić information content (AvgIpc) is 2.59. The Bertz CT molecular complexity index is 737. The second-order valence-electron chi connectivity index (χ2n) is 4.82. The molecule has 7 heteroatoms. The van der Waals surface area contributed by atoms with Crippen molar-refractivity contribution in [2.24, 2.45) is 0 Å². The van der Waals surface area contributed by atoms with E-state index >= 15 is 0 Å². The summed E-state index contributed by atoms with van der Waals surface area (Å²) in [4.78, 5) is 12.0. The molecule has 0 saturated carbocycles. The molecule has 0 fully saturated rings. The van der Waals surface area contributed by atoms with Gasteiger partial charge >= 0.3 is 12.1 Å². The number of benzene rings is 2. The van der Waals surface area contributed by atoms with Gasteiger partial charge in [0.25, 0.3) is 0 Å². The highest BCUT2D eigenvalue weighted by Gasteiger charge is 2.30. The number of hydrogen-bond donors (Lipinski definition) is 0. The molecule has 0 aliphatic carbocycles. The Kier molecular flexibility index (Phi) is 5.02. The zero-order valence-electron chi connectivity index (χ0n) is 13.2. The van der Waals surface area contributed by atoms with Crippen molar-refractivity contribution in [2.75, 3.05) is 21.3 Å². The fourth-order valence-electron chi connectivity index (χ4n) is 2.24. The fourth-order valence-corrected chi connectivity index (χ4v) is 2.24. The predicted octanol–water partition coefficient (Wildman–Crippen LogP) is 4.18. The Morgan fingerprint density at radius 2 is 1.46 bits per heavy atom. The molecule has 0 bridgehead atoms. The number of methoxy groups -OCH3 is 3. The van der Waals surface area contributed by atoms with Gasteiger partial charge in [0.1, 0.15) is 0 Å². The van der Waals surface area contributed by atoms with Crippen molar-refractivity contribution in [3.05, 3.63) is 47.5 Å². The quantitative estimate of drug-likeness (QED) is 0.784. The summed E-state index contributed by atoms with van der Waals surface area (Å²) in [5.41, 5.74) is 0.193. The monoisotopic (exact) mass is 340 g/mol. The summed E-state index contributed by atoms with van der Waals surface area (Å²) in [5.74, 6) is 0.0273. The largest absolute Gasteiger partial charge is 0.493 e. The van der Waals surface area contributed by atoms with E-state index in [9.17, 15) is 18.0 Å². The Balaban J connectivity index is 2.61. The van der Waals surface area contributed by atoms with E-state index in [0.717, 1.165) is 12.1 Å². The molecule has 0 spiro atoms. The molecule has 0 unspecified atom stereocenters. The number of ether oxygens (including phenoxy) is 3. The lowest BCUT2D eigenvalue weighted by Crippen LogP contribution is -2.06. The normalized spacial score (nSPS) is 11.1. The molecule has 0 aliphatic rings. The van der Waals surface area contributed by atoms with Gasteiger partial charge in [-0.2, -0.15) is 13.2 Å². The highest BCUT2D eigenvalue weighted by molar-refractivity contribution is 5.98. The highest BCUT2D eigenvalue weighted by atomic mass is 19.4. The van der Waals surface area contributed by atoms with Crippen LogP contribution in [0.4, 0.5) is 13.2 Å². The lowest BCUT2D eigenvalue weighted by molar-refractivity contribution is -0.137. The summed E-state index contributed by atoms with van der Waals surface area (Å²) in [6.07, 6.45) is -4.43. The van der Waals surface area contributed by atoms with Crippen LogP contribution in [0.2, 0.25) is 0 Å². The molecule has 0 aromatic heterocycles. The molecule has 2 rings (SSSR count). The summed E-state index contributed by atoms with van der Waals surface area (Å²) >= 11 is 0. The van der Waals surface area contributed by atoms with Gasteiger partial charge in [0.05, 0.1) is 32.5 Å². The molecule has 0 amide bonds. The SMILES string of the molecule is COC(=O)c1cc(OC)c(OC)cc1-c1ccc(C(F)(F)F)cc1. The van der Waals surface area contributed by atoms with Gasteiger partial charge in [-0.1, -0.05) is 12.1 Å². The van der Waals surface area contributed by atoms with Crippen molar-refractivity contribution in [1.29, 1.82) is 0 Å². The van der Waals surface area contributed by atoms with Crippen molar-refractivity contribution >= 4 is 5.97 Å². The first-order valence-corrected chi connectivity index (χ1v) is 6.83. The van der Waals surface area contributed by atoms with E-state index in [1.807, 2.05) is 0 Å². The zero-order chi connectivity index (χ0) is 17.9. The first kappa shape index (κ1) is 17.7. The van der Waals surface area contributed by atoms with Gasteiger partial charge in [-0.05, 0) is 29.8 Å². The van der Waals surface area contributed by atoms with Crippen LogP contribution in [0.25, 0.3) is 11.1 Å². The maximum Gasteiger partial charge on any atom is 0.416 e. The van der Waals surface area contributed by atoms with E-state index < -0.39 is 17.7 Å². The molecular formula is C17H15F3O4. The van der Waals surface area contributed by atoms with Gasteiger partial charge in [0, 0.05) is 5.56 Å². The Morgan fingerprint density at radius 1 is 0.917 bits per heavy atom. The number of carbonyl (C=O) groups excluding carboxylic acids is 1. The number of esters is 1. The number of rotatable bonds is 4. The van der Waals surface area contributed by atoms with Crippen LogP contribution in [0.15, 0.2) is 36.4 Å². The molecule has 0 radical (unpaired) electrons. The molecule has 0 N–H and O–H groups in total. The minimum Gasteiger partial charge on any atom is -0.493 e. The van der Waals surface area contributed by atoms with Gasteiger partial charge in [-0.3, -0.25) is 0 Å². The molecular weight excluding hydrogens is 325 g/mol. The Hall–Kier alpha value is -2.70. The Morgan fingerprint density at radius 3 is 1.92 bits per heavy atom.